The second-order valence-corrected chi connectivity index (χ2v) is 5.53. The summed E-state index contributed by atoms with van der Waals surface area (Å²) in [7, 11) is 0. The van der Waals surface area contributed by atoms with Crippen LogP contribution in [-0.4, -0.2) is 5.54 Å². The zero-order valence-electron chi connectivity index (χ0n) is 11.5. The van der Waals surface area contributed by atoms with E-state index in [4.69, 9.17) is 0 Å². The standard InChI is InChI=1S/C16H21FN2/c1-2-5-13-8-10-16(12-18,11-9-13)19-15-7-4-3-6-14(15)17/h3-4,6-7,13,19H,2,5,8-11H2,1H3. The van der Waals surface area contributed by atoms with Gasteiger partial charge in [0.25, 0.3) is 0 Å². The van der Waals surface area contributed by atoms with Gasteiger partial charge in [0.15, 0.2) is 0 Å². The third-order valence-corrected chi connectivity index (χ3v) is 4.12. The van der Waals surface area contributed by atoms with E-state index < -0.39 is 5.54 Å². The Morgan fingerprint density at radius 3 is 2.63 bits per heavy atom. The van der Waals surface area contributed by atoms with Crippen LogP contribution >= 0.6 is 0 Å². The number of hydrogen-bond acceptors (Lipinski definition) is 2. The number of nitriles is 1. The maximum absolute atomic E-state index is 13.7. The van der Waals surface area contributed by atoms with Crippen molar-refractivity contribution in [2.24, 2.45) is 5.92 Å². The lowest BCUT2D eigenvalue weighted by Crippen LogP contribution is -2.40. The van der Waals surface area contributed by atoms with Crippen LogP contribution in [0.15, 0.2) is 24.3 Å². The van der Waals surface area contributed by atoms with Crippen LogP contribution in [0.3, 0.4) is 0 Å². The predicted molar refractivity (Wildman–Crippen MR) is 75.2 cm³/mol. The van der Waals surface area contributed by atoms with Crippen molar-refractivity contribution in [2.75, 3.05) is 5.32 Å². The fraction of sp³-hybridized carbons (Fsp3) is 0.562. The van der Waals surface area contributed by atoms with Crippen LogP contribution in [0.5, 0.6) is 0 Å². The minimum absolute atomic E-state index is 0.284. The number of halogens is 1. The Morgan fingerprint density at radius 1 is 1.37 bits per heavy atom. The second kappa shape index (κ2) is 6.06. The van der Waals surface area contributed by atoms with Gasteiger partial charge in [-0.05, 0) is 43.7 Å². The highest BCUT2D eigenvalue weighted by Crippen LogP contribution is 2.36. The Morgan fingerprint density at radius 2 is 2.05 bits per heavy atom. The van der Waals surface area contributed by atoms with Crippen LogP contribution in [0.2, 0.25) is 0 Å². The molecule has 0 heterocycles. The molecule has 19 heavy (non-hydrogen) atoms. The molecule has 2 nitrogen and oxygen atoms in total. The summed E-state index contributed by atoms with van der Waals surface area (Å²) in [4.78, 5) is 0. The number of anilines is 1. The number of hydrogen-bond donors (Lipinski definition) is 1. The molecular weight excluding hydrogens is 239 g/mol. The van der Waals surface area contributed by atoms with Crippen molar-refractivity contribution >= 4 is 5.69 Å². The van der Waals surface area contributed by atoms with E-state index in [-0.39, 0.29) is 5.82 Å². The first kappa shape index (κ1) is 13.9. The van der Waals surface area contributed by atoms with Crippen molar-refractivity contribution in [2.45, 2.75) is 51.0 Å². The van der Waals surface area contributed by atoms with Gasteiger partial charge < -0.3 is 5.32 Å². The highest BCUT2D eigenvalue weighted by molar-refractivity contribution is 5.49. The van der Waals surface area contributed by atoms with E-state index in [0.29, 0.717) is 5.69 Å². The van der Waals surface area contributed by atoms with Gasteiger partial charge >= 0.3 is 0 Å². The summed E-state index contributed by atoms with van der Waals surface area (Å²) in [5, 5.41) is 12.6. The molecule has 1 aromatic carbocycles. The van der Waals surface area contributed by atoms with Gasteiger partial charge in [0.05, 0.1) is 11.8 Å². The molecule has 0 saturated heterocycles. The van der Waals surface area contributed by atoms with Crippen LogP contribution in [0.25, 0.3) is 0 Å². The van der Waals surface area contributed by atoms with Crippen LogP contribution in [-0.2, 0) is 0 Å². The van der Waals surface area contributed by atoms with Crippen LogP contribution in [0.1, 0.15) is 45.4 Å². The molecule has 0 spiro atoms. The topological polar surface area (TPSA) is 35.8 Å². The summed E-state index contributed by atoms with van der Waals surface area (Å²) in [6, 6.07) is 8.96. The molecule has 0 unspecified atom stereocenters. The summed E-state index contributed by atoms with van der Waals surface area (Å²) in [5.41, 5.74) is -0.148. The van der Waals surface area contributed by atoms with Gasteiger partial charge in [-0.2, -0.15) is 5.26 Å². The van der Waals surface area contributed by atoms with Crippen molar-refractivity contribution in [1.82, 2.24) is 0 Å². The summed E-state index contributed by atoms with van der Waals surface area (Å²) in [5.74, 6) is 0.446. The minimum Gasteiger partial charge on any atom is -0.365 e. The summed E-state index contributed by atoms with van der Waals surface area (Å²) < 4.78 is 13.7. The average Bonchev–Trinajstić information content (AvgIpc) is 2.44. The molecule has 2 rings (SSSR count). The monoisotopic (exact) mass is 260 g/mol. The molecule has 1 aromatic rings. The quantitative estimate of drug-likeness (QED) is 0.865. The SMILES string of the molecule is CCCC1CCC(C#N)(Nc2ccccc2F)CC1. The van der Waals surface area contributed by atoms with E-state index in [0.717, 1.165) is 31.6 Å². The molecule has 1 fully saturated rings. The number of nitrogens with one attached hydrogen (secondary N) is 1. The fourth-order valence-corrected chi connectivity index (χ4v) is 2.95. The third kappa shape index (κ3) is 3.26. The smallest absolute Gasteiger partial charge is 0.146 e. The third-order valence-electron chi connectivity index (χ3n) is 4.12. The first-order valence-electron chi connectivity index (χ1n) is 7.13. The highest BCUT2D eigenvalue weighted by Gasteiger charge is 2.35. The van der Waals surface area contributed by atoms with Crippen molar-refractivity contribution in [3.05, 3.63) is 30.1 Å². The van der Waals surface area contributed by atoms with E-state index in [1.165, 1.54) is 18.9 Å². The molecule has 0 atom stereocenters. The van der Waals surface area contributed by atoms with Crippen LogP contribution < -0.4 is 5.32 Å². The Labute approximate surface area is 114 Å². The first-order valence-corrected chi connectivity index (χ1v) is 7.13. The van der Waals surface area contributed by atoms with Gasteiger partial charge in [-0.1, -0.05) is 31.9 Å². The van der Waals surface area contributed by atoms with Crippen molar-refractivity contribution in [3.8, 4) is 6.07 Å². The Bertz CT molecular complexity index is 456. The van der Waals surface area contributed by atoms with Crippen molar-refractivity contribution < 1.29 is 4.39 Å². The average molecular weight is 260 g/mol. The summed E-state index contributed by atoms with van der Waals surface area (Å²) >= 11 is 0. The Kier molecular flexibility index (Phi) is 4.42. The minimum atomic E-state index is -0.591. The van der Waals surface area contributed by atoms with Crippen LogP contribution in [0.4, 0.5) is 10.1 Å². The Balaban J connectivity index is 2.05. The molecular formula is C16H21FN2. The van der Waals surface area contributed by atoms with Gasteiger partial charge in [0.2, 0.25) is 0 Å². The molecule has 3 heteroatoms. The zero-order chi connectivity index (χ0) is 13.7. The van der Waals surface area contributed by atoms with Gasteiger partial charge in [-0.15, -0.1) is 0 Å². The van der Waals surface area contributed by atoms with Gasteiger partial charge in [0.1, 0.15) is 11.4 Å². The predicted octanol–water partition coefficient (Wildman–Crippen LogP) is 4.49. The molecule has 1 N–H and O–H groups in total. The van der Waals surface area contributed by atoms with E-state index >= 15 is 0 Å². The lowest BCUT2D eigenvalue weighted by atomic mass is 9.75. The van der Waals surface area contributed by atoms with E-state index in [1.807, 2.05) is 0 Å². The molecule has 1 saturated carbocycles. The van der Waals surface area contributed by atoms with E-state index in [2.05, 4.69) is 18.3 Å². The Hall–Kier alpha value is -1.56. The molecule has 1 aliphatic carbocycles. The van der Waals surface area contributed by atoms with E-state index in [9.17, 15) is 9.65 Å². The van der Waals surface area contributed by atoms with Crippen LogP contribution in [0, 0.1) is 23.1 Å². The first-order chi connectivity index (χ1) is 9.19. The maximum Gasteiger partial charge on any atom is 0.146 e. The number of benzene rings is 1. The van der Waals surface area contributed by atoms with E-state index in [1.54, 1.807) is 18.2 Å². The largest absolute Gasteiger partial charge is 0.365 e. The fourth-order valence-electron chi connectivity index (χ4n) is 2.95. The normalized spacial score (nSPS) is 26.7. The second-order valence-electron chi connectivity index (χ2n) is 5.53. The van der Waals surface area contributed by atoms with Gasteiger partial charge in [-0.25, -0.2) is 4.39 Å². The van der Waals surface area contributed by atoms with Crippen molar-refractivity contribution in [3.63, 3.8) is 0 Å². The molecule has 0 aromatic heterocycles. The highest BCUT2D eigenvalue weighted by atomic mass is 19.1. The molecule has 0 bridgehead atoms. The summed E-state index contributed by atoms with van der Waals surface area (Å²) in [6.45, 7) is 2.20. The summed E-state index contributed by atoms with van der Waals surface area (Å²) in [6.07, 6.45) is 6.17. The van der Waals surface area contributed by atoms with Gasteiger partial charge in [0, 0.05) is 0 Å². The molecule has 0 aliphatic heterocycles. The lowest BCUT2D eigenvalue weighted by Gasteiger charge is -2.36. The number of nitrogens with zero attached hydrogens (tertiary/aromatic N) is 1. The zero-order valence-corrected chi connectivity index (χ0v) is 11.5. The maximum atomic E-state index is 13.7. The van der Waals surface area contributed by atoms with Gasteiger partial charge in [-0.3, -0.25) is 0 Å². The molecule has 0 radical (unpaired) electrons. The lowest BCUT2D eigenvalue weighted by molar-refractivity contribution is 0.281. The molecule has 0 amide bonds. The number of para-hydroxylation sites is 1. The van der Waals surface area contributed by atoms with Crippen molar-refractivity contribution in [1.29, 1.82) is 5.26 Å². The molecule has 102 valence electrons. The molecule has 1 aliphatic rings. The number of rotatable bonds is 4.